The van der Waals surface area contributed by atoms with E-state index in [1.807, 2.05) is 55.5 Å². The van der Waals surface area contributed by atoms with E-state index in [0.717, 1.165) is 11.1 Å². The summed E-state index contributed by atoms with van der Waals surface area (Å²) >= 11 is 0. The molecule has 3 rings (SSSR count). The van der Waals surface area contributed by atoms with Crippen molar-refractivity contribution in [3.05, 3.63) is 71.8 Å². The zero-order chi connectivity index (χ0) is 17.6. The smallest absolute Gasteiger partial charge is 0.175 e. The van der Waals surface area contributed by atoms with Gasteiger partial charge in [-0.25, -0.2) is 0 Å². The van der Waals surface area contributed by atoms with Crippen molar-refractivity contribution in [3.63, 3.8) is 0 Å². The third kappa shape index (κ3) is 4.67. The summed E-state index contributed by atoms with van der Waals surface area (Å²) < 4.78 is 18.1. The van der Waals surface area contributed by atoms with Crippen LogP contribution in [-0.4, -0.2) is 24.5 Å². The summed E-state index contributed by atoms with van der Waals surface area (Å²) in [5, 5.41) is 0. The maximum Gasteiger partial charge on any atom is 0.175 e. The second kappa shape index (κ2) is 8.59. The van der Waals surface area contributed by atoms with Gasteiger partial charge in [0.1, 0.15) is 0 Å². The van der Waals surface area contributed by atoms with E-state index < -0.39 is 6.29 Å². The van der Waals surface area contributed by atoms with Gasteiger partial charge in [0.05, 0.1) is 31.5 Å². The van der Waals surface area contributed by atoms with Crippen LogP contribution in [0.4, 0.5) is 0 Å². The lowest BCUT2D eigenvalue weighted by Crippen LogP contribution is -2.58. The van der Waals surface area contributed by atoms with Crippen LogP contribution in [0.2, 0.25) is 0 Å². The second-order valence-electron chi connectivity index (χ2n) is 6.70. The van der Waals surface area contributed by atoms with E-state index in [4.69, 9.17) is 19.9 Å². The highest BCUT2D eigenvalue weighted by molar-refractivity contribution is 5.14. The topological polar surface area (TPSA) is 53.7 Å². The van der Waals surface area contributed by atoms with Crippen molar-refractivity contribution in [1.29, 1.82) is 0 Å². The summed E-state index contributed by atoms with van der Waals surface area (Å²) in [7, 11) is 0. The molecule has 2 aromatic carbocycles. The Balaban J connectivity index is 1.61. The van der Waals surface area contributed by atoms with Crippen LogP contribution >= 0.6 is 0 Å². The third-order valence-corrected chi connectivity index (χ3v) is 4.84. The summed E-state index contributed by atoms with van der Waals surface area (Å²) in [6, 6.07) is 19.9. The van der Waals surface area contributed by atoms with Crippen LogP contribution in [0.3, 0.4) is 0 Å². The van der Waals surface area contributed by atoms with Gasteiger partial charge in [0, 0.05) is 5.92 Å². The van der Waals surface area contributed by atoms with Crippen molar-refractivity contribution in [2.45, 2.75) is 51.6 Å². The lowest BCUT2D eigenvalue weighted by molar-refractivity contribution is -0.252. The molecule has 5 atom stereocenters. The number of nitrogens with two attached hydrogens (primary N) is 1. The molecule has 1 heterocycles. The molecule has 0 spiro atoms. The van der Waals surface area contributed by atoms with Crippen LogP contribution in [0.1, 0.15) is 25.0 Å². The van der Waals surface area contributed by atoms with Gasteiger partial charge in [-0.2, -0.15) is 0 Å². The van der Waals surface area contributed by atoms with Gasteiger partial charge < -0.3 is 19.9 Å². The fraction of sp³-hybridized carbons (Fsp3) is 0.429. The fourth-order valence-electron chi connectivity index (χ4n) is 3.13. The second-order valence-corrected chi connectivity index (χ2v) is 6.70. The van der Waals surface area contributed by atoms with Crippen molar-refractivity contribution < 1.29 is 14.2 Å². The molecule has 134 valence electrons. The summed E-state index contributed by atoms with van der Waals surface area (Å²) in [6.07, 6.45) is -0.543. The van der Waals surface area contributed by atoms with E-state index in [0.29, 0.717) is 13.2 Å². The van der Waals surface area contributed by atoms with E-state index >= 15 is 0 Å². The first-order valence-corrected chi connectivity index (χ1v) is 8.87. The molecule has 1 fully saturated rings. The molecule has 1 saturated heterocycles. The van der Waals surface area contributed by atoms with E-state index in [1.165, 1.54) is 0 Å². The number of ether oxygens (including phenoxy) is 3. The van der Waals surface area contributed by atoms with E-state index in [9.17, 15) is 0 Å². The quantitative estimate of drug-likeness (QED) is 0.874. The van der Waals surface area contributed by atoms with Crippen LogP contribution in [0, 0.1) is 5.92 Å². The SMILES string of the molecule is C[C@@H]1[C@@H](OCc2ccccc2)[C@H](N)C(OCc2ccccc2)O[C@@H]1C. The van der Waals surface area contributed by atoms with Gasteiger partial charge in [-0.1, -0.05) is 67.6 Å². The molecule has 1 unspecified atom stereocenters. The molecule has 4 nitrogen and oxygen atoms in total. The van der Waals surface area contributed by atoms with Crippen molar-refractivity contribution in [2.75, 3.05) is 0 Å². The van der Waals surface area contributed by atoms with Gasteiger partial charge in [-0.15, -0.1) is 0 Å². The summed E-state index contributed by atoms with van der Waals surface area (Å²) in [4.78, 5) is 0. The standard InChI is InChI=1S/C21H27NO3/c1-15-16(2)25-21(24-14-18-11-7-4-8-12-18)19(22)20(15)23-13-17-9-5-3-6-10-17/h3-12,15-16,19-21H,13-14,22H2,1-2H3/t15-,16+,19-,20+,21?/m0/s1. The first kappa shape index (κ1) is 18.1. The largest absolute Gasteiger partial charge is 0.371 e. The third-order valence-electron chi connectivity index (χ3n) is 4.84. The molecule has 0 aliphatic carbocycles. The Labute approximate surface area is 149 Å². The molecule has 25 heavy (non-hydrogen) atoms. The van der Waals surface area contributed by atoms with Gasteiger partial charge >= 0.3 is 0 Å². The highest BCUT2D eigenvalue weighted by Gasteiger charge is 2.41. The number of hydrogen-bond donors (Lipinski definition) is 1. The van der Waals surface area contributed by atoms with Crippen molar-refractivity contribution in [1.82, 2.24) is 0 Å². The van der Waals surface area contributed by atoms with Gasteiger partial charge in [0.2, 0.25) is 0 Å². The Bertz CT molecular complexity index is 634. The molecule has 1 aliphatic heterocycles. The fourth-order valence-corrected chi connectivity index (χ4v) is 3.13. The zero-order valence-electron chi connectivity index (χ0n) is 14.9. The Morgan fingerprint density at radius 2 is 1.36 bits per heavy atom. The summed E-state index contributed by atoms with van der Waals surface area (Å²) in [5.74, 6) is 0.204. The Morgan fingerprint density at radius 1 is 0.840 bits per heavy atom. The molecule has 0 bridgehead atoms. The molecule has 0 amide bonds. The first-order valence-electron chi connectivity index (χ1n) is 8.87. The monoisotopic (exact) mass is 341 g/mol. The van der Waals surface area contributed by atoms with Gasteiger partial charge in [-0.3, -0.25) is 0 Å². The average Bonchev–Trinajstić information content (AvgIpc) is 2.65. The number of benzene rings is 2. The molecule has 2 N–H and O–H groups in total. The minimum atomic E-state index is -0.466. The minimum Gasteiger partial charge on any atom is -0.371 e. The van der Waals surface area contributed by atoms with Gasteiger partial charge in [0.15, 0.2) is 6.29 Å². The van der Waals surface area contributed by atoms with Crippen LogP contribution in [0.15, 0.2) is 60.7 Å². The molecule has 0 saturated carbocycles. The minimum absolute atomic E-state index is 0.0290. The van der Waals surface area contributed by atoms with Crippen LogP contribution < -0.4 is 5.73 Å². The lowest BCUT2D eigenvalue weighted by Gasteiger charge is -2.43. The van der Waals surface area contributed by atoms with Gasteiger partial charge in [-0.05, 0) is 18.1 Å². The highest BCUT2D eigenvalue weighted by Crippen LogP contribution is 2.28. The molecule has 2 aromatic rings. The maximum atomic E-state index is 6.43. The van der Waals surface area contributed by atoms with E-state index in [1.54, 1.807) is 0 Å². The predicted molar refractivity (Wildman–Crippen MR) is 97.7 cm³/mol. The lowest BCUT2D eigenvalue weighted by atomic mass is 9.90. The Kier molecular flexibility index (Phi) is 6.21. The van der Waals surface area contributed by atoms with Crippen molar-refractivity contribution >= 4 is 0 Å². The molecular weight excluding hydrogens is 314 g/mol. The van der Waals surface area contributed by atoms with E-state index in [-0.39, 0.29) is 24.2 Å². The Morgan fingerprint density at radius 3 is 1.92 bits per heavy atom. The summed E-state index contributed by atoms with van der Waals surface area (Å²) in [6.45, 7) is 5.19. The molecular formula is C21H27NO3. The Hall–Kier alpha value is -1.72. The van der Waals surface area contributed by atoms with Crippen molar-refractivity contribution in [2.24, 2.45) is 11.7 Å². The van der Waals surface area contributed by atoms with Crippen LogP contribution in [0.5, 0.6) is 0 Å². The molecule has 1 aliphatic rings. The molecule has 0 radical (unpaired) electrons. The predicted octanol–water partition coefficient (Wildman–Crippen LogP) is 3.50. The van der Waals surface area contributed by atoms with Crippen LogP contribution in [-0.2, 0) is 27.4 Å². The zero-order valence-corrected chi connectivity index (χ0v) is 14.9. The highest BCUT2D eigenvalue weighted by atomic mass is 16.7. The normalized spacial score (nSPS) is 29.5. The summed E-state index contributed by atoms with van der Waals surface area (Å²) in [5.41, 5.74) is 8.67. The van der Waals surface area contributed by atoms with Crippen molar-refractivity contribution in [3.8, 4) is 0 Å². The number of rotatable bonds is 6. The van der Waals surface area contributed by atoms with Crippen LogP contribution in [0.25, 0.3) is 0 Å². The van der Waals surface area contributed by atoms with Gasteiger partial charge in [0.25, 0.3) is 0 Å². The first-order chi connectivity index (χ1) is 12.1. The maximum absolute atomic E-state index is 6.43. The number of hydrogen-bond acceptors (Lipinski definition) is 4. The average molecular weight is 341 g/mol. The molecule has 4 heteroatoms. The van der Waals surface area contributed by atoms with E-state index in [2.05, 4.69) is 19.1 Å². The molecule has 0 aromatic heterocycles.